The Morgan fingerprint density at radius 1 is 1.22 bits per heavy atom. The summed E-state index contributed by atoms with van der Waals surface area (Å²) < 4.78 is 5.74. The van der Waals surface area contributed by atoms with E-state index in [4.69, 9.17) is 16.0 Å². The third-order valence-electron chi connectivity index (χ3n) is 4.31. The van der Waals surface area contributed by atoms with Gasteiger partial charge in [-0.1, -0.05) is 23.7 Å². The summed E-state index contributed by atoms with van der Waals surface area (Å²) in [6.45, 7) is 6.13. The molecule has 3 rings (SSSR count). The molecule has 0 spiro atoms. The SMILES string of the molecule is Cc1ccncc1CC(=O)N(Cc1nnc(-c2ccccc2Cl)o1)C(C)C. The lowest BCUT2D eigenvalue weighted by molar-refractivity contribution is -0.133. The molecule has 0 aliphatic rings. The van der Waals surface area contributed by atoms with Crippen LogP contribution in [0.2, 0.25) is 5.02 Å². The first kappa shape index (κ1) is 19.0. The molecule has 0 N–H and O–H groups in total. The van der Waals surface area contributed by atoms with E-state index >= 15 is 0 Å². The lowest BCUT2D eigenvalue weighted by Crippen LogP contribution is -2.37. The molecule has 1 amide bonds. The minimum Gasteiger partial charge on any atom is -0.419 e. The molecule has 0 saturated heterocycles. The van der Waals surface area contributed by atoms with Crippen molar-refractivity contribution in [2.45, 2.75) is 39.8 Å². The first-order valence-electron chi connectivity index (χ1n) is 8.72. The number of amides is 1. The van der Waals surface area contributed by atoms with E-state index in [1.54, 1.807) is 23.4 Å². The fourth-order valence-electron chi connectivity index (χ4n) is 2.71. The van der Waals surface area contributed by atoms with E-state index in [-0.39, 0.29) is 24.9 Å². The summed E-state index contributed by atoms with van der Waals surface area (Å²) >= 11 is 6.18. The maximum absolute atomic E-state index is 12.8. The zero-order chi connectivity index (χ0) is 19.4. The van der Waals surface area contributed by atoms with Gasteiger partial charge in [-0.2, -0.15) is 0 Å². The number of hydrogen-bond donors (Lipinski definition) is 0. The van der Waals surface area contributed by atoms with Crippen LogP contribution in [0.15, 0.2) is 47.1 Å². The van der Waals surface area contributed by atoms with E-state index in [9.17, 15) is 4.79 Å². The smallest absolute Gasteiger partial charge is 0.249 e. The Morgan fingerprint density at radius 2 is 2.00 bits per heavy atom. The summed E-state index contributed by atoms with van der Waals surface area (Å²) in [6.07, 6.45) is 3.73. The van der Waals surface area contributed by atoms with Crippen LogP contribution in [-0.2, 0) is 17.8 Å². The van der Waals surface area contributed by atoms with Crippen molar-refractivity contribution >= 4 is 17.5 Å². The van der Waals surface area contributed by atoms with Gasteiger partial charge in [-0.25, -0.2) is 0 Å². The number of aryl methyl sites for hydroxylation is 1. The van der Waals surface area contributed by atoms with Gasteiger partial charge >= 0.3 is 0 Å². The van der Waals surface area contributed by atoms with Crippen LogP contribution in [-0.4, -0.2) is 32.0 Å². The van der Waals surface area contributed by atoms with Gasteiger partial charge in [-0.3, -0.25) is 9.78 Å². The van der Waals surface area contributed by atoms with Crippen molar-refractivity contribution in [3.05, 3.63) is 64.8 Å². The number of pyridine rings is 1. The molecule has 7 heteroatoms. The maximum atomic E-state index is 12.8. The molecule has 0 aliphatic carbocycles. The second-order valence-electron chi connectivity index (χ2n) is 6.58. The van der Waals surface area contributed by atoms with Gasteiger partial charge in [0.2, 0.25) is 17.7 Å². The number of hydrogen-bond acceptors (Lipinski definition) is 5. The highest BCUT2D eigenvalue weighted by Crippen LogP contribution is 2.26. The molecule has 0 saturated carbocycles. The largest absolute Gasteiger partial charge is 0.419 e. The van der Waals surface area contributed by atoms with Crippen molar-refractivity contribution in [2.75, 3.05) is 0 Å². The van der Waals surface area contributed by atoms with Gasteiger partial charge in [0.25, 0.3) is 0 Å². The average molecular weight is 385 g/mol. The first-order valence-corrected chi connectivity index (χ1v) is 9.09. The fourth-order valence-corrected chi connectivity index (χ4v) is 2.93. The van der Waals surface area contributed by atoms with Gasteiger partial charge < -0.3 is 9.32 Å². The molecule has 0 bridgehead atoms. The van der Waals surface area contributed by atoms with Gasteiger partial charge in [0.1, 0.15) is 0 Å². The highest BCUT2D eigenvalue weighted by atomic mass is 35.5. The highest BCUT2D eigenvalue weighted by Gasteiger charge is 2.22. The first-order chi connectivity index (χ1) is 13.0. The van der Waals surface area contributed by atoms with Gasteiger partial charge in [0.05, 0.1) is 23.6 Å². The lowest BCUT2D eigenvalue weighted by Gasteiger charge is -2.25. The van der Waals surface area contributed by atoms with Crippen LogP contribution in [0.4, 0.5) is 0 Å². The van der Waals surface area contributed by atoms with Crippen molar-refractivity contribution in [1.29, 1.82) is 0 Å². The van der Waals surface area contributed by atoms with E-state index in [0.29, 0.717) is 22.4 Å². The summed E-state index contributed by atoms with van der Waals surface area (Å²) in [5.41, 5.74) is 2.63. The minimum absolute atomic E-state index is 0.00913. The van der Waals surface area contributed by atoms with Gasteiger partial charge in [-0.15, -0.1) is 10.2 Å². The van der Waals surface area contributed by atoms with Gasteiger partial charge in [0, 0.05) is 18.4 Å². The van der Waals surface area contributed by atoms with E-state index in [1.165, 1.54) is 0 Å². The highest BCUT2D eigenvalue weighted by molar-refractivity contribution is 6.33. The Bertz CT molecular complexity index is 939. The molecule has 140 valence electrons. The summed E-state index contributed by atoms with van der Waals surface area (Å²) in [7, 11) is 0. The number of aromatic nitrogens is 3. The van der Waals surface area contributed by atoms with Crippen molar-refractivity contribution in [3.8, 4) is 11.5 Å². The molecule has 2 heterocycles. The molecule has 0 radical (unpaired) electrons. The number of carbonyl (C=O) groups excluding carboxylic acids is 1. The van der Waals surface area contributed by atoms with Crippen molar-refractivity contribution in [1.82, 2.24) is 20.1 Å². The molecule has 0 fully saturated rings. The summed E-state index contributed by atoms with van der Waals surface area (Å²) in [6, 6.07) is 9.16. The Balaban J connectivity index is 1.76. The molecule has 1 aromatic carbocycles. The van der Waals surface area contributed by atoms with Crippen LogP contribution in [0, 0.1) is 6.92 Å². The summed E-state index contributed by atoms with van der Waals surface area (Å²) in [5, 5.41) is 8.69. The molecule has 27 heavy (non-hydrogen) atoms. The standard InChI is InChI=1S/C20H21ClN4O2/c1-13(2)25(19(26)10-15-11-22-9-8-14(15)3)12-18-23-24-20(27-18)16-6-4-5-7-17(16)21/h4-9,11,13H,10,12H2,1-3H3. The van der Waals surface area contributed by atoms with Crippen LogP contribution in [0.5, 0.6) is 0 Å². The number of benzene rings is 1. The second-order valence-corrected chi connectivity index (χ2v) is 6.98. The third-order valence-corrected chi connectivity index (χ3v) is 4.64. The van der Waals surface area contributed by atoms with Crippen LogP contribution in [0.3, 0.4) is 0 Å². The predicted molar refractivity (Wildman–Crippen MR) is 103 cm³/mol. The molecule has 0 atom stereocenters. The van der Waals surface area contributed by atoms with Crippen LogP contribution in [0.25, 0.3) is 11.5 Å². The van der Waals surface area contributed by atoms with Crippen LogP contribution in [0.1, 0.15) is 30.9 Å². The van der Waals surface area contributed by atoms with E-state index in [0.717, 1.165) is 11.1 Å². The number of nitrogens with zero attached hydrogens (tertiary/aromatic N) is 4. The fraction of sp³-hybridized carbons (Fsp3) is 0.300. The van der Waals surface area contributed by atoms with Crippen molar-refractivity contribution in [2.24, 2.45) is 0 Å². The number of carbonyl (C=O) groups is 1. The molecule has 2 aromatic heterocycles. The van der Waals surface area contributed by atoms with E-state index in [2.05, 4.69) is 15.2 Å². The average Bonchev–Trinajstić information content (AvgIpc) is 3.10. The van der Waals surface area contributed by atoms with Crippen LogP contribution < -0.4 is 0 Å². The number of halogens is 1. The van der Waals surface area contributed by atoms with Gasteiger partial charge in [-0.05, 0) is 50.1 Å². The Morgan fingerprint density at radius 3 is 2.70 bits per heavy atom. The molecule has 6 nitrogen and oxygen atoms in total. The zero-order valence-electron chi connectivity index (χ0n) is 15.5. The third kappa shape index (κ3) is 4.52. The summed E-state index contributed by atoms with van der Waals surface area (Å²) in [4.78, 5) is 18.7. The van der Waals surface area contributed by atoms with Crippen molar-refractivity contribution in [3.63, 3.8) is 0 Å². The topological polar surface area (TPSA) is 72.1 Å². The predicted octanol–water partition coefficient (Wildman–Crippen LogP) is 4.07. The normalized spacial score (nSPS) is 11.0. The number of rotatable bonds is 6. The Labute approximate surface area is 163 Å². The lowest BCUT2D eigenvalue weighted by atomic mass is 10.1. The Kier molecular flexibility index (Phi) is 5.86. The van der Waals surface area contributed by atoms with E-state index < -0.39 is 0 Å². The van der Waals surface area contributed by atoms with Crippen LogP contribution >= 0.6 is 11.6 Å². The summed E-state index contributed by atoms with van der Waals surface area (Å²) in [5.74, 6) is 0.698. The molecule has 3 aromatic rings. The molecule has 0 aliphatic heterocycles. The molecular weight excluding hydrogens is 364 g/mol. The maximum Gasteiger partial charge on any atom is 0.249 e. The monoisotopic (exact) mass is 384 g/mol. The zero-order valence-corrected chi connectivity index (χ0v) is 16.3. The van der Waals surface area contributed by atoms with E-state index in [1.807, 2.05) is 45.0 Å². The Hall–Kier alpha value is -2.73. The minimum atomic E-state index is -0.0152. The molecular formula is C20H21ClN4O2. The van der Waals surface area contributed by atoms with Crippen molar-refractivity contribution < 1.29 is 9.21 Å². The quantitative estimate of drug-likeness (QED) is 0.640. The van der Waals surface area contributed by atoms with Gasteiger partial charge in [0.15, 0.2) is 0 Å². The molecule has 0 unspecified atom stereocenters. The second kappa shape index (κ2) is 8.31.